The van der Waals surface area contributed by atoms with Gasteiger partial charge in [0.15, 0.2) is 0 Å². The van der Waals surface area contributed by atoms with Gasteiger partial charge in [-0.25, -0.2) is 0 Å². The minimum atomic E-state index is -1.32. The number of ether oxygens (including phenoxy) is 1. The van der Waals surface area contributed by atoms with Crippen LogP contribution in [0.5, 0.6) is 0 Å². The van der Waals surface area contributed by atoms with Gasteiger partial charge in [0, 0.05) is 18.0 Å². The third kappa shape index (κ3) is 1.88. The smallest absolute Gasteiger partial charge is 0.319 e. The van der Waals surface area contributed by atoms with Gasteiger partial charge in [-0.05, 0) is 25.3 Å². The van der Waals surface area contributed by atoms with Gasteiger partial charge in [-0.15, -0.1) is 0 Å². The molecule has 4 bridgehead atoms. The van der Waals surface area contributed by atoms with Crippen molar-refractivity contribution in [2.75, 3.05) is 13.7 Å². The Bertz CT molecular complexity index is 977. The number of aliphatic imine (C=N–C) groups is 1. The van der Waals surface area contributed by atoms with Crippen LogP contribution in [0.25, 0.3) is 0 Å². The summed E-state index contributed by atoms with van der Waals surface area (Å²) in [6.07, 6.45) is 3.80. The van der Waals surface area contributed by atoms with Gasteiger partial charge in [-0.3, -0.25) is 14.7 Å². The van der Waals surface area contributed by atoms with Crippen molar-refractivity contribution in [3.63, 3.8) is 0 Å². The van der Waals surface area contributed by atoms with Crippen molar-refractivity contribution < 1.29 is 14.6 Å². The molecule has 6 atom stereocenters. The molecule has 6 heteroatoms. The van der Waals surface area contributed by atoms with Crippen LogP contribution >= 0.6 is 0 Å². The molecule has 0 aromatic heterocycles. The van der Waals surface area contributed by atoms with E-state index in [1.54, 1.807) is 0 Å². The lowest BCUT2D eigenvalue weighted by atomic mass is 9.56. The molecular weight excluding hydrogens is 354 g/mol. The van der Waals surface area contributed by atoms with E-state index in [0.29, 0.717) is 25.1 Å². The number of esters is 1. The second-order valence-electron chi connectivity index (χ2n) is 8.23. The van der Waals surface area contributed by atoms with Crippen molar-refractivity contribution in [2.24, 2.45) is 16.3 Å². The first-order valence-corrected chi connectivity index (χ1v) is 9.87. The number of fused-ring (bicyclic) bond motifs is 3. The van der Waals surface area contributed by atoms with Gasteiger partial charge in [0.2, 0.25) is 0 Å². The molecule has 0 amide bonds. The molecule has 6 nitrogen and oxygen atoms in total. The Kier molecular flexibility index (Phi) is 3.62. The van der Waals surface area contributed by atoms with Crippen molar-refractivity contribution in [1.29, 1.82) is 5.26 Å². The Hall–Kier alpha value is -2.49. The first kappa shape index (κ1) is 17.6. The summed E-state index contributed by atoms with van der Waals surface area (Å²) in [6.45, 7) is 2.60. The zero-order chi connectivity index (χ0) is 19.7. The molecule has 4 heterocycles. The molecule has 144 valence electrons. The number of piperidine rings is 1. The highest BCUT2D eigenvalue weighted by atomic mass is 16.5. The maximum atomic E-state index is 13.4. The molecule has 2 saturated heterocycles. The zero-order valence-corrected chi connectivity index (χ0v) is 16.1. The van der Waals surface area contributed by atoms with E-state index in [1.165, 1.54) is 7.11 Å². The van der Waals surface area contributed by atoms with E-state index in [4.69, 9.17) is 9.73 Å². The Morgan fingerprint density at radius 2 is 2.25 bits per heavy atom. The van der Waals surface area contributed by atoms with Gasteiger partial charge in [0.1, 0.15) is 17.1 Å². The number of hydrogen-bond acceptors (Lipinski definition) is 6. The normalized spacial score (nSPS) is 39.8. The molecule has 1 aromatic rings. The van der Waals surface area contributed by atoms with E-state index in [2.05, 4.69) is 24.0 Å². The minimum absolute atomic E-state index is 0.0854. The molecule has 4 aliphatic heterocycles. The fourth-order valence-corrected chi connectivity index (χ4v) is 6.05. The van der Waals surface area contributed by atoms with E-state index < -0.39 is 11.0 Å². The molecule has 5 aliphatic rings. The van der Waals surface area contributed by atoms with Gasteiger partial charge in [-0.2, -0.15) is 5.26 Å². The van der Waals surface area contributed by atoms with Crippen molar-refractivity contribution in [2.45, 2.75) is 43.9 Å². The summed E-state index contributed by atoms with van der Waals surface area (Å²) < 4.78 is 5.32. The number of para-hydroxylation sites is 1. The van der Waals surface area contributed by atoms with Gasteiger partial charge < -0.3 is 9.84 Å². The fourth-order valence-electron chi connectivity index (χ4n) is 6.05. The highest BCUT2D eigenvalue weighted by molar-refractivity contribution is 6.16. The number of benzene rings is 1. The zero-order valence-electron chi connectivity index (χ0n) is 16.1. The van der Waals surface area contributed by atoms with Gasteiger partial charge in [-0.1, -0.05) is 36.8 Å². The second-order valence-corrected chi connectivity index (χ2v) is 8.23. The molecule has 0 radical (unpaired) electrons. The summed E-state index contributed by atoms with van der Waals surface area (Å²) in [5.41, 5.74) is 0.711. The van der Waals surface area contributed by atoms with E-state index in [-0.39, 0.29) is 24.0 Å². The number of hydrogen-bond donors (Lipinski definition) is 1. The summed E-state index contributed by atoms with van der Waals surface area (Å²) >= 11 is 0. The molecule has 0 spiro atoms. The third-order valence-electron chi connectivity index (χ3n) is 7.12. The number of aliphatic hydroxyl groups is 1. The summed E-state index contributed by atoms with van der Waals surface area (Å²) in [6, 6.07) is 9.39. The van der Waals surface area contributed by atoms with Gasteiger partial charge >= 0.3 is 5.97 Å². The van der Waals surface area contributed by atoms with Crippen molar-refractivity contribution in [3.05, 3.63) is 41.5 Å². The maximum absolute atomic E-state index is 13.4. The highest BCUT2D eigenvalue weighted by Crippen LogP contribution is 2.59. The van der Waals surface area contributed by atoms with Gasteiger partial charge in [0.05, 0.1) is 30.6 Å². The van der Waals surface area contributed by atoms with E-state index in [9.17, 15) is 15.2 Å². The quantitative estimate of drug-likeness (QED) is 0.632. The monoisotopic (exact) mass is 377 g/mol. The number of rotatable bonds is 2. The lowest BCUT2D eigenvalue weighted by Crippen LogP contribution is -2.67. The predicted octanol–water partition coefficient (Wildman–Crippen LogP) is 2.46. The predicted molar refractivity (Wildman–Crippen MR) is 103 cm³/mol. The Morgan fingerprint density at radius 1 is 1.46 bits per heavy atom. The number of carbonyl (C=O) groups excluding carboxylic acids is 1. The number of methoxy groups -OCH3 is 1. The van der Waals surface area contributed by atoms with Crippen LogP contribution in [-0.4, -0.2) is 47.4 Å². The SMILES string of the molecule is CCC1=C[C@H]2C[C@]3(C(=O)OC)C4=Nc5ccccc5[C@]4(O)CCN([C@H]2C#N)[C@H]13. The lowest BCUT2D eigenvalue weighted by molar-refractivity contribution is -0.156. The van der Waals surface area contributed by atoms with Crippen LogP contribution in [0.2, 0.25) is 0 Å². The average molecular weight is 377 g/mol. The summed E-state index contributed by atoms with van der Waals surface area (Å²) in [4.78, 5) is 20.3. The van der Waals surface area contributed by atoms with Crippen LogP contribution in [0, 0.1) is 22.7 Å². The van der Waals surface area contributed by atoms with Crippen molar-refractivity contribution in [1.82, 2.24) is 4.90 Å². The standard InChI is InChI=1S/C22H23N3O3/c1-3-13-10-14-11-21(20(26)28-2)18(13)25(17(14)12-23)9-8-22(27)15-6-4-5-7-16(15)24-19(21)22/h4-7,10,14,17-18,27H,3,8-9,11H2,1-2H3/t14-,17-,18+,21+,22+/m0/s1. The summed E-state index contributed by atoms with van der Waals surface area (Å²) in [5.74, 6) is -0.451. The average Bonchev–Trinajstić information content (AvgIpc) is 2.99. The van der Waals surface area contributed by atoms with Crippen LogP contribution in [0.1, 0.15) is 31.7 Å². The largest absolute Gasteiger partial charge is 0.468 e. The second kappa shape index (κ2) is 5.76. The number of carbonyl (C=O) groups is 1. The third-order valence-corrected chi connectivity index (χ3v) is 7.12. The summed E-state index contributed by atoms with van der Waals surface area (Å²) in [7, 11) is 1.40. The summed E-state index contributed by atoms with van der Waals surface area (Å²) in [5, 5.41) is 21.7. The molecular formula is C22H23N3O3. The fraction of sp³-hybridized carbons (Fsp3) is 0.500. The number of nitrogens with zero attached hydrogens (tertiary/aromatic N) is 3. The van der Waals surface area contributed by atoms with Gasteiger partial charge in [0.25, 0.3) is 0 Å². The lowest BCUT2D eigenvalue weighted by Gasteiger charge is -2.56. The van der Waals surface area contributed by atoms with Crippen LogP contribution in [0.4, 0.5) is 5.69 Å². The van der Waals surface area contributed by atoms with Crippen LogP contribution in [0.15, 0.2) is 40.9 Å². The number of nitriles is 1. The maximum Gasteiger partial charge on any atom is 0.319 e. The van der Waals surface area contributed by atoms with Crippen molar-refractivity contribution in [3.8, 4) is 6.07 Å². The van der Waals surface area contributed by atoms with Crippen molar-refractivity contribution >= 4 is 17.4 Å². The van der Waals surface area contributed by atoms with Crippen LogP contribution in [0.3, 0.4) is 0 Å². The molecule has 6 rings (SSSR count). The Labute approximate surface area is 164 Å². The molecule has 28 heavy (non-hydrogen) atoms. The molecule has 1 unspecified atom stereocenters. The minimum Gasteiger partial charge on any atom is -0.468 e. The highest BCUT2D eigenvalue weighted by Gasteiger charge is 2.68. The molecule has 2 fully saturated rings. The van der Waals surface area contributed by atoms with Crippen LogP contribution in [-0.2, 0) is 15.1 Å². The first-order valence-electron chi connectivity index (χ1n) is 9.87. The molecule has 0 saturated carbocycles. The Balaban J connectivity index is 1.80. The molecule has 1 aromatic carbocycles. The van der Waals surface area contributed by atoms with E-state index in [1.807, 2.05) is 24.3 Å². The topological polar surface area (TPSA) is 85.9 Å². The van der Waals surface area contributed by atoms with E-state index in [0.717, 1.165) is 23.2 Å². The Morgan fingerprint density at radius 3 is 2.96 bits per heavy atom. The molecule has 1 aliphatic carbocycles. The molecule has 1 N–H and O–H groups in total. The first-order chi connectivity index (χ1) is 13.5. The van der Waals surface area contributed by atoms with Crippen LogP contribution < -0.4 is 0 Å². The van der Waals surface area contributed by atoms with E-state index >= 15 is 0 Å².